The highest BCUT2D eigenvalue weighted by Crippen LogP contribution is 2.26. The van der Waals surface area contributed by atoms with Gasteiger partial charge in [-0.2, -0.15) is 9.97 Å². The van der Waals surface area contributed by atoms with Crippen LogP contribution in [0.3, 0.4) is 0 Å². The Hall–Kier alpha value is -3.29. The molecule has 8 heteroatoms. The summed E-state index contributed by atoms with van der Waals surface area (Å²) in [7, 11) is 0. The maximum atomic E-state index is 13.2. The first-order valence-corrected chi connectivity index (χ1v) is 8.86. The number of hydrogen-bond donors (Lipinski definition) is 2. The molecule has 1 atom stereocenters. The fourth-order valence-electron chi connectivity index (χ4n) is 2.79. The van der Waals surface area contributed by atoms with Crippen LogP contribution in [0.25, 0.3) is 0 Å². The quantitative estimate of drug-likeness (QED) is 0.692. The lowest BCUT2D eigenvalue weighted by atomic mass is 10.1. The Balaban J connectivity index is 1.58. The maximum Gasteiger partial charge on any atom is 0.227 e. The van der Waals surface area contributed by atoms with Crippen LogP contribution in [0.4, 0.5) is 27.8 Å². The molecule has 3 heterocycles. The first-order valence-electron chi connectivity index (χ1n) is 8.86. The minimum absolute atomic E-state index is 0.0680. The second-order valence-electron chi connectivity index (χ2n) is 6.41. The summed E-state index contributed by atoms with van der Waals surface area (Å²) < 4.78 is 13.2. The van der Waals surface area contributed by atoms with Gasteiger partial charge in [0.25, 0.3) is 0 Å². The molecule has 0 spiro atoms. The van der Waals surface area contributed by atoms with Crippen LogP contribution < -0.4 is 15.5 Å². The van der Waals surface area contributed by atoms with Crippen LogP contribution in [0.2, 0.25) is 0 Å². The van der Waals surface area contributed by atoms with Crippen molar-refractivity contribution in [3.8, 4) is 0 Å². The summed E-state index contributed by atoms with van der Waals surface area (Å²) in [5, 5.41) is 6.47. The van der Waals surface area contributed by atoms with Crippen molar-refractivity contribution in [3.05, 3.63) is 60.3 Å². The van der Waals surface area contributed by atoms with Crippen LogP contribution in [0.15, 0.2) is 48.9 Å². The first-order chi connectivity index (χ1) is 13.2. The fraction of sp³-hybridized carbons (Fsp3) is 0.263. The van der Waals surface area contributed by atoms with E-state index in [0.29, 0.717) is 17.6 Å². The Bertz CT molecular complexity index is 898. The molecular formula is C19H20FN7. The maximum absolute atomic E-state index is 13.2. The van der Waals surface area contributed by atoms with E-state index < -0.39 is 0 Å². The molecule has 0 bridgehead atoms. The van der Waals surface area contributed by atoms with Crippen LogP contribution in [-0.2, 0) is 0 Å². The molecule has 1 aliphatic rings. The average Bonchev–Trinajstić information content (AvgIpc) is 2.61. The number of aromatic nitrogens is 4. The highest BCUT2D eigenvalue weighted by molar-refractivity contribution is 5.59. The molecule has 3 aromatic rings. The summed E-state index contributed by atoms with van der Waals surface area (Å²) in [6.07, 6.45) is 6.04. The number of nitrogens with zero attached hydrogens (tertiary/aromatic N) is 5. The molecular weight excluding hydrogens is 345 g/mol. The van der Waals surface area contributed by atoms with E-state index in [1.165, 1.54) is 12.1 Å². The van der Waals surface area contributed by atoms with E-state index in [1.807, 2.05) is 13.0 Å². The molecule has 0 amide bonds. The number of nitrogens with one attached hydrogen (secondary N) is 2. The standard InChI is InChI=1S/C19H20FN7/c1-13(14-3-5-15(20)6-4-14)23-19-25-16(24-17-12-21-7-8-22-17)11-18(26-19)27-9-2-10-27/h3-8,11-13H,2,9-10H2,1H3,(H2,22,23,24,25,26). The normalized spacial score (nSPS) is 14.4. The lowest BCUT2D eigenvalue weighted by Crippen LogP contribution is -2.37. The average molecular weight is 365 g/mol. The van der Waals surface area contributed by atoms with Gasteiger partial charge in [0.2, 0.25) is 5.95 Å². The zero-order valence-corrected chi connectivity index (χ0v) is 14.9. The van der Waals surface area contributed by atoms with Gasteiger partial charge < -0.3 is 15.5 Å². The Kier molecular flexibility index (Phi) is 4.78. The molecule has 7 nitrogen and oxygen atoms in total. The topological polar surface area (TPSA) is 78.9 Å². The van der Waals surface area contributed by atoms with Crippen LogP contribution in [0.1, 0.15) is 24.9 Å². The van der Waals surface area contributed by atoms with Crippen molar-refractivity contribution in [3.63, 3.8) is 0 Å². The smallest absolute Gasteiger partial charge is 0.227 e. The van der Waals surface area contributed by atoms with E-state index in [9.17, 15) is 4.39 Å². The highest BCUT2D eigenvalue weighted by Gasteiger charge is 2.19. The molecule has 0 aliphatic carbocycles. The van der Waals surface area contributed by atoms with E-state index in [0.717, 1.165) is 30.9 Å². The number of anilines is 4. The summed E-state index contributed by atoms with van der Waals surface area (Å²) in [6.45, 7) is 3.95. The Morgan fingerprint density at radius 1 is 1.07 bits per heavy atom. The molecule has 1 aromatic carbocycles. The molecule has 1 unspecified atom stereocenters. The van der Waals surface area contributed by atoms with Gasteiger partial charge in [0.1, 0.15) is 23.3 Å². The summed E-state index contributed by atoms with van der Waals surface area (Å²) in [4.78, 5) is 19.7. The largest absolute Gasteiger partial charge is 0.356 e. The van der Waals surface area contributed by atoms with Gasteiger partial charge in [-0.1, -0.05) is 12.1 Å². The van der Waals surface area contributed by atoms with Crippen molar-refractivity contribution in [2.24, 2.45) is 0 Å². The van der Waals surface area contributed by atoms with Crippen molar-refractivity contribution in [2.45, 2.75) is 19.4 Å². The van der Waals surface area contributed by atoms with Gasteiger partial charge in [0, 0.05) is 31.5 Å². The Morgan fingerprint density at radius 3 is 2.56 bits per heavy atom. The van der Waals surface area contributed by atoms with E-state index in [2.05, 4.69) is 35.5 Å². The third-order valence-corrected chi connectivity index (χ3v) is 4.43. The molecule has 4 rings (SSSR count). The second-order valence-corrected chi connectivity index (χ2v) is 6.41. The molecule has 2 N–H and O–H groups in total. The van der Waals surface area contributed by atoms with Crippen molar-refractivity contribution < 1.29 is 4.39 Å². The Labute approximate surface area is 156 Å². The molecule has 27 heavy (non-hydrogen) atoms. The van der Waals surface area contributed by atoms with Crippen molar-refractivity contribution in [1.29, 1.82) is 0 Å². The SMILES string of the molecule is CC(Nc1nc(Nc2cnccn2)cc(N2CCC2)n1)c1ccc(F)cc1. The van der Waals surface area contributed by atoms with Crippen LogP contribution in [0.5, 0.6) is 0 Å². The number of benzene rings is 1. The van der Waals surface area contributed by atoms with E-state index >= 15 is 0 Å². The molecule has 0 radical (unpaired) electrons. The summed E-state index contributed by atoms with van der Waals surface area (Å²) >= 11 is 0. The number of rotatable bonds is 6. The second kappa shape index (κ2) is 7.53. The zero-order valence-electron chi connectivity index (χ0n) is 14.9. The Morgan fingerprint density at radius 2 is 1.89 bits per heavy atom. The lowest BCUT2D eigenvalue weighted by molar-refractivity contribution is 0.609. The van der Waals surface area contributed by atoms with Crippen LogP contribution in [0, 0.1) is 5.82 Å². The lowest BCUT2D eigenvalue weighted by Gasteiger charge is -2.32. The minimum atomic E-state index is -0.252. The summed E-state index contributed by atoms with van der Waals surface area (Å²) in [5.41, 5.74) is 0.956. The number of hydrogen-bond acceptors (Lipinski definition) is 7. The molecule has 2 aromatic heterocycles. The van der Waals surface area contributed by atoms with Crippen molar-refractivity contribution in [1.82, 2.24) is 19.9 Å². The van der Waals surface area contributed by atoms with Gasteiger partial charge >= 0.3 is 0 Å². The number of halogens is 1. The summed E-state index contributed by atoms with van der Waals surface area (Å²) in [6, 6.07) is 8.25. The van der Waals surface area contributed by atoms with E-state index in [4.69, 9.17) is 0 Å². The fourth-order valence-corrected chi connectivity index (χ4v) is 2.79. The molecule has 0 saturated carbocycles. The van der Waals surface area contributed by atoms with E-state index in [1.54, 1.807) is 30.7 Å². The molecule has 1 fully saturated rings. The predicted octanol–water partition coefficient (Wildman–Crippen LogP) is 3.53. The van der Waals surface area contributed by atoms with Gasteiger partial charge in [0.05, 0.1) is 12.2 Å². The third-order valence-electron chi connectivity index (χ3n) is 4.43. The predicted molar refractivity (Wildman–Crippen MR) is 103 cm³/mol. The first kappa shape index (κ1) is 17.1. The molecule has 1 saturated heterocycles. The van der Waals surface area contributed by atoms with E-state index in [-0.39, 0.29) is 11.9 Å². The van der Waals surface area contributed by atoms with Gasteiger partial charge in [-0.05, 0) is 31.0 Å². The third kappa shape index (κ3) is 4.11. The molecule has 1 aliphatic heterocycles. The highest BCUT2D eigenvalue weighted by atomic mass is 19.1. The minimum Gasteiger partial charge on any atom is -0.356 e. The monoisotopic (exact) mass is 365 g/mol. The van der Waals surface area contributed by atoms with Crippen molar-refractivity contribution in [2.75, 3.05) is 28.6 Å². The summed E-state index contributed by atoms with van der Waals surface area (Å²) in [5.74, 6) is 2.36. The zero-order chi connectivity index (χ0) is 18.6. The van der Waals surface area contributed by atoms with Crippen LogP contribution in [-0.4, -0.2) is 33.0 Å². The molecule has 138 valence electrons. The van der Waals surface area contributed by atoms with Crippen molar-refractivity contribution >= 4 is 23.4 Å². The van der Waals surface area contributed by atoms with Gasteiger partial charge in [-0.15, -0.1) is 0 Å². The van der Waals surface area contributed by atoms with Crippen LogP contribution >= 0.6 is 0 Å². The van der Waals surface area contributed by atoms with Gasteiger partial charge in [0.15, 0.2) is 0 Å². The van der Waals surface area contributed by atoms with Gasteiger partial charge in [-0.3, -0.25) is 4.98 Å². The van der Waals surface area contributed by atoms with Gasteiger partial charge in [-0.25, -0.2) is 9.37 Å².